The number of nitrogens with one attached hydrogen (secondary N) is 1. The third-order valence-corrected chi connectivity index (χ3v) is 3.75. The number of rotatable bonds is 7. The molecule has 2 amide bonds. The molecule has 8 nitrogen and oxygen atoms in total. The van der Waals surface area contributed by atoms with E-state index in [9.17, 15) is 19.2 Å². The highest BCUT2D eigenvalue weighted by atomic mass is 16.5. The molecule has 8 heteroatoms. The van der Waals surface area contributed by atoms with Gasteiger partial charge in [-0.3, -0.25) is 29.1 Å². The van der Waals surface area contributed by atoms with Crippen LogP contribution in [0.5, 0.6) is 0 Å². The second kappa shape index (κ2) is 5.47. The lowest BCUT2D eigenvalue weighted by molar-refractivity contribution is -0.140. The lowest BCUT2D eigenvalue weighted by Gasteiger charge is -2.28. The number of carbonyl (C=O) groups excluding carboxylic acids is 2. The summed E-state index contributed by atoms with van der Waals surface area (Å²) < 4.78 is 11.9. The Kier molecular flexibility index (Phi) is 3.63. The summed E-state index contributed by atoms with van der Waals surface area (Å²) in [6, 6.07) is 0. The van der Waals surface area contributed by atoms with E-state index in [1.807, 2.05) is 0 Å². The van der Waals surface area contributed by atoms with Crippen molar-refractivity contribution in [2.45, 2.75) is 12.1 Å². The molecule has 1 fully saturated rings. The van der Waals surface area contributed by atoms with Gasteiger partial charge >= 0.3 is 11.1 Å². The Hall–Kier alpha value is -2.32. The summed E-state index contributed by atoms with van der Waals surface area (Å²) in [4.78, 5) is 45.2. The van der Waals surface area contributed by atoms with E-state index in [1.165, 1.54) is 0 Å². The molecule has 1 aromatic rings. The molecular formula is C14H14N2O6. The number of amides is 2. The molecule has 0 saturated carbocycles. The molecule has 0 bridgehead atoms. The zero-order valence-electron chi connectivity index (χ0n) is 11.6. The minimum atomic E-state index is -1.30. The van der Waals surface area contributed by atoms with Gasteiger partial charge in [-0.1, -0.05) is 18.2 Å². The number of fused-ring (bicyclic) bond motifs is 1. The summed E-state index contributed by atoms with van der Waals surface area (Å²) in [6.45, 7) is 0.714. The van der Waals surface area contributed by atoms with Crippen LogP contribution in [0.3, 0.4) is 0 Å². The standard InChI is InChI=1S/C14H14N2O6/c17-10-9-3-1-2-4-14(9,13(20)15-10)22-8-7-21-6-5-16-11(18)12(16)19/h1-4,9H,5-8H2,(H,15,17,20). The number of hydrogen-bond donors (Lipinski definition) is 1. The Morgan fingerprint density at radius 1 is 1.09 bits per heavy atom. The van der Waals surface area contributed by atoms with Gasteiger partial charge in [-0.25, -0.2) is 0 Å². The molecule has 0 spiro atoms. The van der Waals surface area contributed by atoms with Crippen molar-refractivity contribution in [1.29, 1.82) is 0 Å². The third-order valence-electron chi connectivity index (χ3n) is 3.75. The van der Waals surface area contributed by atoms with Crippen LogP contribution < -0.4 is 16.4 Å². The molecule has 22 heavy (non-hydrogen) atoms. The molecule has 1 aliphatic carbocycles. The summed E-state index contributed by atoms with van der Waals surface area (Å²) in [7, 11) is 0. The highest BCUT2D eigenvalue weighted by molar-refractivity contribution is 6.11. The van der Waals surface area contributed by atoms with Gasteiger partial charge in [0.1, 0.15) is 0 Å². The van der Waals surface area contributed by atoms with Gasteiger partial charge in [0.05, 0.1) is 32.3 Å². The van der Waals surface area contributed by atoms with Gasteiger partial charge in [0.2, 0.25) is 5.91 Å². The molecule has 1 saturated heterocycles. The molecule has 1 aliphatic heterocycles. The molecule has 116 valence electrons. The zero-order valence-corrected chi connectivity index (χ0v) is 11.6. The Labute approximate surface area is 124 Å². The molecule has 0 aromatic carbocycles. The average Bonchev–Trinajstić information content (AvgIpc) is 2.98. The molecule has 2 unspecified atom stereocenters. The van der Waals surface area contributed by atoms with Crippen LogP contribution in [0.2, 0.25) is 0 Å². The number of imide groups is 1. The summed E-state index contributed by atoms with van der Waals surface area (Å²) in [6.07, 6.45) is 6.54. The van der Waals surface area contributed by atoms with Gasteiger partial charge in [-0.2, -0.15) is 0 Å². The largest absolute Gasteiger partial charge is 0.377 e. The third kappa shape index (κ3) is 2.36. The van der Waals surface area contributed by atoms with Crippen LogP contribution in [0.1, 0.15) is 0 Å². The van der Waals surface area contributed by atoms with Gasteiger partial charge in [-0.15, -0.1) is 0 Å². The van der Waals surface area contributed by atoms with Gasteiger partial charge in [0.25, 0.3) is 5.91 Å². The van der Waals surface area contributed by atoms with Crippen LogP contribution in [0.25, 0.3) is 0 Å². The minimum Gasteiger partial charge on any atom is -0.377 e. The van der Waals surface area contributed by atoms with E-state index in [2.05, 4.69) is 5.32 Å². The molecular weight excluding hydrogens is 292 g/mol. The van der Waals surface area contributed by atoms with Crippen molar-refractivity contribution in [3.05, 3.63) is 45.0 Å². The first-order valence-electron chi connectivity index (χ1n) is 6.85. The lowest BCUT2D eigenvalue weighted by atomic mass is 9.86. The predicted octanol–water partition coefficient (Wildman–Crippen LogP) is -1.75. The van der Waals surface area contributed by atoms with Crippen molar-refractivity contribution in [3.8, 4) is 0 Å². The van der Waals surface area contributed by atoms with Crippen LogP contribution in [0, 0.1) is 5.92 Å². The van der Waals surface area contributed by atoms with E-state index < -0.39 is 28.5 Å². The molecule has 3 rings (SSSR count). The number of carbonyl (C=O) groups is 2. The monoisotopic (exact) mass is 306 g/mol. The van der Waals surface area contributed by atoms with E-state index in [4.69, 9.17) is 9.47 Å². The zero-order chi connectivity index (χ0) is 15.7. The van der Waals surface area contributed by atoms with E-state index in [1.54, 1.807) is 24.3 Å². The number of aromatic nitrogens is 1. The first-order valence-corrected chi connectivity index (χ1v) is 6.85. The first-order chi connectivity index (χ1) is 10.6. The van der Waals surface area contributed by atoms with E-state index in [0.717, 1.165) is 4.57 Å². The van der Waals surface area contributed by atoms with Gasteiger partial charge in [0, 0.05) is 0 Å². The Morgan fingerprint density at radius 2 is 1.86 bits per heavy atom. The lowest BCUT2D eigenvalue weighted by Crippen LogP contribution is -2.44. The van der Waals surface area contributed by atoms with Crippen LogP contribution in [0.15, 0.2) is 33.9 Å². The number of ether oxygens (including phenoxy) is 2. The van der Waals surface area contributed by atoms with Gasteiger partial charge in [0.15, 0.2) is 5.60 Å². The van der Waals surface area contributed by atoms with E-state index in [0.29, 0.717) is 0 Å². The normalized spacial score (nSPS) is 26.6. The van der Waals surface area contributed by atoms with Crippen molar-refractivity contribution < 1.29 is 19.1 Å². The SMILES string of the molecule is O=C1NC(=O)C2(OCCOCCn3c(=O)c3=O)C=CC=CC12. The van der Waals surface area contributed by atoms with Crippen molar-refractivity contribution in [2.75, 3.05) is 19.8 Å². The molecule has 1 aromatic heterocycles. The van der Waals surface area contributed by atoms with Crippen LogP contribution >= 0.6 is 0 Å². The Balaban J connectivity index is 1.47. The smallest absolute Gasteiger partial charge is 0.319 e. The Bertz CT molecular complexity index is 713. The summed E-state index contributed by atoms with van der Waals surface area (Å²) >= 11 is 0. The second-order valence-corrected chi connectivity index (χ2v) is 5.06. The van der Waals surface area contributed by atoms with Gasteiger partial charge < -0.3 is 9.47 Å². The Morgan fingerprint density at radius 3 is 2.59 bits per heavy atom. The molecule has 2 aliphatic rings. The average molecular weight is 306 g/mol. The first kappa shape index (κ1) is 14.6. The van der Waals surface area contributed by atoms with Crippen LogP contribution in [-0.4, -0.2) is 41.8 Å². The fourth-order valence-electron chi connectivity index (χ4n) is 2.50. The molecule has 2 heterocycles. The maximum Gasteiger partial charge on any atom is 0.319 e. The van der Waals surface area contributed by atoms with Crippen molar-refractivity contribution >= 4 is 11.8 Å². The quantitative estimate of drug-likeness (QED) is 0.364. The van der Waals surface area contributed by atoms with Crippen LogP contribution in [0.4, 0.5) is 0 Å². The second-order valence-electron chi connectivity index (χ2n) is 5.06. The van der Waals surface area contributed by atoms with Crippen molar-refractivity contribution in [2.24, 2.45) is 5.92 Å². The number of nitrogens with zero attached hydrogens (tertiary/aromatic N) is 1. The summed E-state index contributed by atoms with van der Waals surface area (Å²) in [5, 5.41) is 2.26. The summed E-state index contributed by atoms with van der Waals surface area (Å²) in [5.41, 5.74) is -2.30. The fraction of sp³-hybridized carbons (Fsp3) is 0.429. The molecule has 2 atom stereocenters. The topological polar surface area (TPSA) is 104 Å². The molecule has 1 N–H and O–H groups in total. The van der Waals surface area contributed by atoms with Gasteiger partial charge in [-0.05, 0) is 6.08 Å². The number of hydrogen-bond acceptors (Lipinski definition) is 6. The maximum absolute atomic E-state index is 12.0. The van der Waals surface area contributed by atoms with Crippen molar-refractivity contribution in [3.63, 3.8) is 0 Å². The maximum atomic E-state index is 12.0. The predicted molar refractivity (Wildman–Crippen MR) is 73.8 cm³/mol. The van der Waals surface area contributed by atoms with E-state index >= 15 is 0 Å². The number of allylic oxidation sites excluding steroid dienone is 2. The van der Waals surface area contributed by atoms with E-state index in [-0.39, 0.29) is 32.3 Å². The fourth-order valence-corrected chi connectivity index (χ4v) is 2.50. The minimum absolute atomic E-state index is 0.108. The van der Waals surface area contributed by atoms with Crippen molar-refractivity contribution in [1.82, 2.24) is 9.88 Å². The van der Waals surface area contributed by atoms with Crippen LogP contribution in [-0.2, 0) is 25.6 Å². The summed E-state index contributed by atoms with van der Waals surface area (Å²) in [5.74, 6) is -1.54. The highest BCUT2D eigenvalue weighted by Crippen LogP contribution is 2.33. The highest BCUT2D eigenvalue weighted by Gasteiger charge is 2.54. The molecule has 0 radical (unpaired) electrons.